The van der Waals surface area contributed by atoms with Gasteiger partial charge in [0.2, 0.25) is 0 Å². The molecule has 0 fully saturated rings. The Morgan fingerprint density at radius 3 is 2.50 bits per heavy atom. The zero-order valence-corrected chi connectivity index (χ0v) is 8.27. The first-order valence-corrected chi connectivity index (χ1v) is 4.25. The van der Waals surface area contributed by atoms with Crippen LogP contribution in [0.4, 0.5) is 0 Å². The van der Waals surface area contributed by atoms with E-state index in [0.29, 0.717) is 6.42 Å². The van der Waals surface area contributed by atoms with Crippen LogP contribution in [-0.4, -0.2) is 30.1 Å². The molecule has 0 aromatic rings. The van der Waals surface area contributed by atoms with Gasteiger partial charge >= 0.3 is 5.97 Å². The SMILES string of the molecule is CCC(=O)C(/C=C/C=C/C(=O)O)OC. The van der Waals surface area contributed by atoms with Crippen molar-refractivity contribution in [2.24, 2.45) is 0 Å². The van der Waals surface area contributed by atoms with Crippen molar-refractivity contribution in [1.82, 2.24) is 0 Å². The van der Waals surface area contributed by atoms with E-state index in [-0.39, 0.29) is 5.78 Å². The number of methoxy groups -OCH3 is 1. The molecule has 0 aliphatic carbocycles. The lowest BCUT2D eigenvalue weighted by molar-refractivity contribution is -0.131. The number of carbonyl (C=O) groups is 2. The van der Waals surface area contributed by atoms with Crippen LogP contribution in [0.2, 0.25) is 0 Å². The molecular weight excluding hydrogens is 184 g/mol. The highest BCUT2D eigenvalue weighted by Gasteiger charge is 2.10. The van der Waals surface area contributed by atoms with Gasteiger partial charge in [-0.1, -0.05) is 19.1 Å². The summed E-state index contributed by atoms with van der Waals surface area (Å²) in [6.45, 7) is 1.75. The highest BCUT2D eigenvalue weighted by Crippen LogP contribution is 1.98. The van der Waals surface area contributed by atoms with Gasteiger partial charge in [-0.2, -0.15) is 0 Å². The van der Waals surface area contributed by atoms with Gasteiger partial charge in [-0.3, -0.25) is 4.79 Å². The third-order valence-corrected chi connectivity index (χ3v) is 1.56. The first kappa shape index (κ1) is 12.6. The summed E-state index contributed by atoms with van der Waals surface area (Å²) in [5.74, 6) is -1.06. The molecule has 4 nitrogen and oxygen atoms in total. The second kappa shape index (κ2) is 7.03. The van der Waals surface area contributed by atoms with Gasteiger partial charge in [-0.15, -0.1) is 0 Å². The summed E-state index contributed by atoms with van der Waals surface area (Å²) >= 11 is 0. The number of allylic oxidation sites excluding steroid dienone is 2. The van der Waals surface area contributed by atoms with Gasteiger partial charge in [0.25, 0.3) is 0 Å². The molecule has 0 amide bonds. The van der Waals surface area contributed by atoms with Crippen LogP contribution in [-0.2, 0) is 14.3 Å². The predicted octanol–water partition coefficient (Wildman–Crippen LogP) is 1.18. The molecule has 0 aliphatic rings. The molecule has 0 aromatic heterocycles. The maximum absolute atomic E-state index is 11.2. The van der Waals surface area contributed by atoms with Gasteiger partial charge in [0, 0.05) is 19.6 Å². The average molecular weight is 198 g/mol. The van der Waals surface area contributed by atoms with E-state index < -0.39 is 12.1 Å². The van der Waals surface area contributed by atoms with Crippen LogP contribution in [0.25, 0.3) is 0 Å². The van der Waals surface area contributed by atoms with Gasteiger partial charge in [0.1, 0.15) is 6.10 Å². The molecular formula is C10H14O4. The van der Waals surface area contributed by atoms with Crippen LogP contribution < -0.4 is 0 Å². The number of carboxylic acids is 1. The quantitative estimate of drug-likeness (QED) is 0.514. The summed E-state index contributed by atoms with van der Waals surface area (Å²) < 4.78 is 4.89. The molecule has 0 heterocycles. The Morgan fingerprint density at radius 2 is 2.07 bits per heavy atom. The highest BCUT2D eigenvalue weighted by molar-refractivity contribution is 5.84. The van der Waals surface area contributed by atoms with Crippen molar-refractivity contribution in [3.8, 4) is 0 Å². The molecule has 1 unspecified atom stereocenters. The Balaban J connectivity index is 4.18. The number of Topliss-reactive ketones (excluding diaryl/α,β-unsaturated/α-hetero) is 1. The van der Waals surface area contributed by atoms with Gasteiger partial charge in [-0.05, 0) is 6.08 Å². The molecule has 0 bridgehead atoms. The minimum atomic E-state index is -1.02. The van der Waals surface area contributed by atoms with Crippen molar-refractivity contribution < 1.29 is 19.4 Å². The summed E-state index contributed by atoms with van der Waals surface area (Å²) in [7, 11) is 1.43. The van der Waals surface area contributed by atoms with Crippen LogP contribution in [0, 0.1) is 0 Å². The molecule has 78 valence electrons. The van der Waals surface area contributed by atoms with Crippen molar-refractivity contribution in [3.63, 3.8) is 0 Å². The average Bonchev–Trinajstić information content (AvgIpc) is 2.16. The Bertz CT molecular complexity index is 253. The van der Waals surface area contributed by atoms with E-state index in [0.717, 1.165) is 6.08 Å². The molecule has 1 atom stereocenters. The van der Waals surface area contributed by atoms with E-state index in [1.165, 1.54) is 25.3 Å². The van der Waals surface area contributed by atoms with Gasteiger partial charge in [-0.25, -0.2) is 4.79 Å². The predicted molar refractivity (Wildman–Crippen MR) is 52.0 cm³/mol. The zero-order valence-electron chi connectivity index (χ0n) is 8.27. The van der Waals surface area contributed by atoms with Gasteiger partial charge in [0.05, 0.1) is 0 Å². The molecule has 0 aromatic carbocycles. The fraction of sp³-hybridized carbons (Fsp3) is 0.400. The third-order valence-electron chi connectivity index (χ3n) is 1.56. The summed E-state index contributed by atoms with van der Waals surface area (Å²) in [5.41, 5.74) is 0. The lowest BCUT2D eigenvalue weighted by atomic mass is 10.1. The maximum atomic E-state index is 11.2. The zero-order chi connectivity index (χ0) is 11.0. The van der Waals surface area contributed by atoms with E-state index in [9.17, 15) is 9.59 Å². The Labute approximate surface area is 82.9 Å². The molecule has 0 saturated heterocycles. The second-order valence-corrected chi connectivity index (χ2v) is 2.56. The highest BCUT2D eigenvalue weighted by atomic mass is 16.5. The topological polar surface area (TPSA) is 63.6 Å². The Hall–Kier alpha value is -1.42. The first-order valence-electron chi connectivity index (χ1n) is 4.25. The van der Waals surface area contributed by atoms with Crippen LogP contribution in [0.15, 0.2) is 24.3 Å². The molecule has 4 heteroatoms. The van der Waals surface area contributed by atoms with Crippen molar-refractivity contribution >= 4 is 11.8 Å². The first-order chi connectivity index (χ1) is 6.61. The molecule has 14 heavy (non-hydrogen) atoms. The largest absolute Gasteiger partial charge is 0.478 e. The number of aliphatic carboxylic acids is 1. The van der Waals surface area contributed by atoms with E-state index >= 15 is 0 Å². The third kappa shape index (κ3) is 5.27. The van der Waals surface area contributed by atoms with E-state index in [1.54, 1.807) is 6.92 Å². The van der Waals surface area contributed by atoms with Crippen LogP contribution in [0.3, 0.4) is 0 Å². The van der Waals surface area contributed by atoms with Crippen molar-refractivity contribution in [2.75, 3.05) is 7.11 Å². The van der Waals surface area contributed by atoms with E-state index in [2.05, 4.69) is 0 Å². The van der Waals surface area contributed by atoms with Crippen LogP contribution in [0.5, 0.6) is 0 Å². The standard InChI is InChI=1S/C10H14O4/c1-3-8(11)9(14-2)6-4-5-7-10(12)13/h4-7,9H,3H2,1-2H3,(H,12,13)/b6-4+,7-5+. The van der Waals surface area contributed by atoms with Gasteiger partial charge < -0.3 is 9.84 Å². The normalized spacial score (nSPS) is 13.6. The Kier molecular flexibility index (Phi) is 6.32. The summed E-state index contributed by atoms with van der Waals surface area (Å²) in [6, 6.07) is 0. The molecule has 1 N–H and O–H groups in total. The summed E-state index contributed by atoms with van der Waals surface area (Å²) in [6.07, 6.45) is 5.14. The number of rotatable bonds is 6. The smallest absolute Gasteiger partial charge is 0.328 e. The fourth-order valence-electron chi connectivity index (χ4n) is 0.821. The minimum Gasteiger partial charge on any atom is -0.478 e. The van der Waals surface area contributed by atoms with Crippen molar-refractivity contribution in [2.45, 2.75) is 19.4 Å². The molecule has 0 saturated carbocycles. The summed E-state index contributed by atoms with van der Waals surface area (Å²) in [5, 5.41) is 8.27. The molecule has 0 spiro atoms. The number of carbonyl (C=O) groups excluding carboxylic acids is 1. The number of ether oxygens (including phenoxy) is 1. The summed E-state index contributed by atoms with van der Waals surface area (Å²) in [4.78, 5) is 21.2. The Morgan fingerprint density at radius 1 is 1.43 bits per heavy atom. The molecule has 0 rings (SSSR count). The van der Waals surface area contributed by atoms with E-state index in [4.69, 9.17) is 9.84 Å². The maximum Gasteiger partial charge on any atom is 0.328 e. The fourth-order valence-corrected chi connectivity index (χ4v) is 0.821. The van der Waals surface area contributed by atoms with Crippen molar-refractivity contribution in [1.29, 1.82) is 0 Å². The van der Waals surface area contributed by atoms with Gasteiger partial charge in [0.15, 0.2) is 5.78 Å². The number of ketones is 1. The molecule has 0 radical (unpaired) electrons. The number of carboxylic acid groups (broad SMARTS) is 1. The van der Waals surface area contributed by atoms with Crippen LogP contribution in [0.1, 0.15) is 13.3 Å². The number of hydrogen-bond donors (Lipinski definition) is 1. The lowest BCUT2D eigenvalue weighted by Gasteiger charge is -2.06. The van der Waals surface area contributed by atoms with Crippen LogP contribution >= 0.6 is 0 Å². The number of hydrogen-bond acceptors (Lipinski definition) is 3. The monoisotopic (exact) mass is 198 g/mol. The van der Waals surface area contributed by atoms with Crippen molar-refractivity contribution in [3.05, 3.63) is 24.3 Å². The second-order valence-electron chi connectivity index (χ2n) is 2.56. The molecule has 0 aliphatic heterocycles. The minimum absolute atomic E-state index is 0.0347. The lowest BCUT2D eigenvalue weighted by Crippen LogP contribution is -2.19. The van der Waals surface area contributed by atoms with E-state index in [1.807, 2.05) is 0 Å².